The van der Waals surface area contributed by atoms with E-state index < -0.39 is 0 Å². The van der Waals surface area contributed by atoms with Crippen LogP contribution in [0.2, 0.25) is 5.02 Å². The van der Waals surface area contributed by atoms with Crippen molar-refractivity contribution in [1.29, 1.82) is 0 Å². The van der Waals surface area contributed by atoms with Gasteiger partial charge in [-0.2, -0.15) is 0 Å². The van der Waals surface area contributed by atoms with Gasteiger partial charge in [0.2, 0.25) is 5.88 Å². The molecule has 0 saturated carbocycles. The van der Waals surface area contributed by atoms with Crippen LogP contribution >= 0.6 is 34.2 Å². The maximum atomic E-state index is 6.09. The van der Waals surface area contributed by atoms with Crippen LogP contribution in [0.4, 0.5) is 0 Å². The zero-order chi connectivity index (χ0) is 11.5. The highest BCUT2D eigenvalue weighted by Gasteiger charge is 2.06. The molecule has 2 aromatic rings. The first-order valence-electron chi connectivity index (χ1n) is 4.72. The number of aromatic nitrogens is 2. The van der Waals surface area contributed by atoms with Gasteiger partial charge in [0, 0.05) is 33.5 Å². The van der Waals surface area contributed by atoms with Crippen LogP contribution in [-0.2, 0) is 13.7 Å². The van der Waals surface area contributed by atoms with Crippen LogP contribution in [0.25, 0.3) is 0 Å². The van der Waals surface area contributed by atoms with Gasteiger partial charge in [0.05, 0.1) is 0 Å². The molecule has 16 heavy (non-hydrogen) atoms. The summed E-state index contributed by atoms with van der Waals surface area (Å²) in [6.07, 6.45) is 1.84. The fourth-order valence-electron chi connectivity index (χ4n) is 1.29. The number of rotatable bonds is 3. The molecule has 0 atom stereocenters. The topological polar surface area (TPSA) is 27.1 Å². The number of hydrogen-bond acceptors (Lipinski definition) is 2. The number of hydrogen-bond donors (Lipinski definition) is 0. The molecular weight excluding hydrogens is 338 g/mol. The average molecular weight is 349 g/mol. The van der Waals surface area contributed by atoms with E-state index in [9.17, 15) is 0 Å². The van der Waals surface area contributed by atoms with Gasteiger partial charge in [0.1, 0.15) is 6.61 Å². The number of nitrogens with zero attached hydrogens (tertiary/aromatic N) is 2. The van der Waals surface area contributed by atoms with Crippen molar-refractivity contribution in [1.82, 2.24) is 9.78 Å². The van der Waals surface area contributed by atoms with Crippen LogP contribution < -0.4 is 4.74 Å². The Kier molecular flexibility index (Phi) is 3.70. The number of halogens is 2. The molecule has 1 aromatic heterocycles. The summed E-state index contributed by atoms with van der Waals surface area (Å²) >= 11 is 8.33. The van der Waals surface area contributed by atoms with Crippen LogP contribution in [0.15, 0.2) is 30.5 Å². The standard InChI is InChI=1S/C11H10ClIN2O/c1-15-6-5-11(14-15)16-7-8-9(12)3-2-4-10(8)13/h2-6H,7H2,1H3. The Morgan fingerprint density at radius 2 is 2.25 bits per heavy atom. The molecule has 0 bridgehead atoms. The number of ether oxygens (including phenoxy) is 1. The predicted molar refractivity (Wildman–Crippen MR) is 71.7 cm³/mol. The van der Waals surface area contributed by atoms with Gasteiger partial charge in [0.15, 0.2) is 0 Å². The molecule has 1 heterocycles. The Bertz CT molecular complexity index is 478. The Morgan fingerprint density at radius 1 is 1.44 bits per heavy atom. The summed E-state index contributed by atoms with van der Waals surface area (Å²) in [5.74, 6) is 0.609. The fourth-order valence-corrected chi connectivity index (χ4v) is 2.33. The maximum absolute atomic E-state index is 6.09. The summed E-state index contributed by atoms with van der Waals surface area (Å²) in [5.41, 5.74) is 0.996. The fraction of sp³-hybridized carbons (Fsp3) is 0.182. The van der Waals surface area contributed by atoms with Crippen LogP contribution in [-0.4, -0.2) is 9.78 Å². The molecule has 0 fully saturated rings. The van der Waals surface area contributed by atoms with Gasteiger partial charge in [-0.25, -0.2) is 0 Å². The van der Waals surface area contributed by atoms with Crippen LogP contribution in [0, 0.1) is 3.57 Å². The molecule has 0 amide bonds. The molecule has 0 saturated heterocycles. The smallest absolute Gasteiger partial charge is 0.233 e. The SMILES string of the molecule is Cn1ccc(OCc2c(Cl)cccc2I)n1. The monoisotopic (exact) mass is 348 g/mol. The third kappa shape index (κ3) is 2.68. The van der Waals surface area contributed by atoms with Gasteiger partial charge in [-0.1, -0.05) is 17.7 Å². The molecule has 0 N–H and O–H groups in total. The van der Waals surface area contributed by atoms with E-state index in [4.69, 9.17) is 16.3 Å². The highest BCUT2D eigenvalue weighted by atomic mass is 127. The average Bonchev–Trinajstić information content (AvgIpc) is 2.63. The van der Waals surface area contributed by atoms with Gasteiger partial charge in [-0.15, -0.1) is 5.10 Å². The minimum Gasteiger partial charge on any atom is -0.472 e. The van der Waals surface area contributed by atoms with E-state index in [-0.39, 0.29) is 0 Å². The zero-order valence-electron chi connectivity index (χ0n) is 8.65. The minimum absolute atomic E-state index is 0.439. The molecule has 0 aliphatic rings. The Hall–Kier alpha value is -0.750. The summed E-state index contributed by atoms with van der Waals surface area (Å²) in [5, 5.41) is 4.86. The molecule has 2 rings (SSSR count). The third-order valence-electron chi connectivity index (χ3n) is 2.12. The minimum atomic E-state index is 0.439. The van der Waals surface area contributed by atoms with E-state index in [0.717, 1.165) is 14.2 Å². The molecule has 0 radical (unpaired) electrons. The van der Waals surface area contributed by atoms with Crippen molar-refractivity contribution < 1.29 is 4.74 Å². The van der Waals surface area contributed by atoms with E-state index in [1.807, 2.05) is 37.5 Å². The maximum Gasteiger partial charge on any atom is 0.233 e. The molecular formula is C11H10ClIN2O. The van der Waals surface area contributed by atoms with Crippen molar-refractivity contribution >= 4 is 34.2 Å². The second-order valence-electron chi connectivity index (χ2n) is 3.32. The van der Waals surface area contributed by atoms with Crippen molar-refractivity contribution in [2.45, 2.75) is 6.61 Å². The van der Waals surface area contributed by atoms with Crippen molar-refractivity contribution in [3.8, 4) is 5.88 Å². The summed E-state index contributed by atoms with van der Waals surface area (Å²) in [4.78, 5) is 0. The number of aryl methyl sites for hydroxylation is 1. The van der Waals surface area contributed by atoms with E-state index in [1.165, 1.54) is 0 Å². The van der Waals surface area contributed by atoms with Gasteiger partial charge in [-0.3, -0.25) is 4.68 Å². The van der Waals surface area contributed by atoms with Crippen molar-refractivity contribution in [2.75, 3.05) is 0 Å². The second-order valence-corrected chi connectivity index (χ2v) is 4.89. The quantitative estimate of drug-likeness (QED) is 0.796. The highest BCUT2D eigenvalue weighted by molar-refractivity contribution is 14.1. The lowest BCUT2D eigenvalue weighted by molar-refractivity contribution is 0.290. The lowest BCUT2D eigenvalue weighted by Crippen LogP contribution is -2.00. The first-order valence-corrected chi connectivity index (χ1v) is 6.18. The lowest BCUT2D eigenvalue weighted by atomic mass is 10.2. The normalized spacial score (nSPS) is 10.4. The number of benzene rings is 1. The molecule has 0 unspecified atom stereocenters. The molecule has 0 aliphatic heterocycles. The first kappa shape index (κ1) is 11.7. The Balaban J connectivity index is 2.10. The molecule has 3 nitrogen and oxygen atoms in total. The molecule has 1 aromatic carbocycles. The summed E-state index contributed by atoms with van der Waals surface area (Å²) < 4.78 is 8.35. The van der Waals surface area contributed by atoms with E-state index in [2.05, 4.69) is 27.7 Å². The van der Waals surface area contributed by atoms with E-state index in [1.54, 1.807) is 4.68 Å². The first-order chi connectivity index (χ1) is 7.66. The van der Waals surface area contributed by atoms with Crippen molar-refractivity contribution in [3.05, 3.63) is 44.6 Å². The molecule has 0 aliphatic carbocycles. The molecule has 0 spiro atoms. The van der Waals surface area contributed by atoms with Crippen LogP contribution in [0.5, 0.6) is 5.88 Å². The largest absolute Gasteiger partial charge is 0.472 e. The van der Waals surface area contributed by atoms with E-state index in [0.29, 0.717) is 12.5 Å². The van der Waals surface area contributed by atoms with Crippen LogP contribution in [0.3, 0.4) is 0 Å². The Labute approximate surface area is 113 Å². The van der Waals surface area contributed by atoms with Gasteiger partial charge < -0.3 is 4.74 Å². The van der Waals surface area contributed by atoms with Crippen molar-refractivity contribution in [2.24, 2.45) is 7.05 Å². The van der Waals surface area contributed by atoms with Crippen molar-refractivity contribution in [3.63, 3.8) is 0 Å². The molecule has 5 heteroatoms. The summed E-state index contributed by atoms with van der Waals surface area (Å²) in [6, 6.07) is 7.61. The molecule has 84 valence electrons. The Morgan fingerprint density at radius 3 is 2.88 bits per heavy atom. The zero-order valence-corrected chi connectivity index (χ0v) is 11.6. The lowest BCUT2D eigenvalue weighted by Gasteiger charge is -2.07. The third-order valence-corrected chi connectivity index (χ3v) is 3.48. The van der Waals surface area contributed by atoms with Gasteiger partial charge in [-0.05, 0) is 34.7 Å². The summed E-state index contributed by atoms with van der Waals surface area (Å²) in [6.45, 7) is 0.439. The predicted octanol–water partition coefficient (Wildman–Crippen LogP) is 3.26. The highest BCUT2D eigenvalue weighted by Crippen LogP contribution is 2.22. The van der Waals surface area contributed by atoms with Gasteiger partial charge in [0.25, 0.3) is 0 Å². The van der Waals surface area contributed by atoms with Crippen LogP contribution in [0.1, 0.15) is 5.56 Å². The second kappa shape index (κ2) is 5.05. The van der Waals surface area contributed by atoms with E-state index >= 15 is 0 Å². The van der Waals surface area contributed by atoms with Gasteiger partial charge >= 0.3 is 0 Å². The summed E-state index contributed by atoms with van der Waals surface area (Å²) in [7, 11) is 1.85.